The molecule has 1 nitrogen and oxygen atoms in total. The van der Waals surface area contributed by atoms with Gasteiger partial charge in [-0.1, -0.05) is 0 Å². The van der Waals surface area contributed by atoms with Crippen LogP contribution in [0.3, 0.4) is 0 Å². The van der Waals surface area contributed by atoms with Crippen molar-refractivity contribution >= 4 is 45.6 Å². The predicted octanol–water partition coefficient (Wildman–Crippen LogP) is -1.60. The molecule has 0 aromatic carbocycles. The molecule has 0 N–H and O–H groups in total. The molecule has 0 atom stereocenters. The van der Waals surface area contributed by atoms with Gasteiger partial charge in [-0.2, -0.15) is 0 Å². The average molecular weight is 310 g/mol. The first kappa shape index (κ1) is 24.6. The van der Waals surface area contributed by atoms with Gasteiger partial charge in [-0.05, 0) is 9.05 Å². The Hall–Kier alpha value is 1.95. The van der Waals surface area contributed by atoms with Crippen LogP contribution in [0.1, 0.15) is 0 Å². The maximum Gasteiger partial charge on any atom is 0 e. The average Bonchev–Trinajstić information content (AvgIpc) is 0.918. The monoisotopic (exact) mass is 308 g/mol. The first-order valence-electron chi connectivity index (χ1n) is 0.309. The van der Waals surface area contributed by atoms with Crippen molar-refractivity contribution in [3.63, 3.8) is 0 Å². The second-order valence-corrected chi connectivity index (χ2v) is 0.0583. The van der Waals surface area contributed by atoms with E-state index in [9.17, 15) is 0 Å². The molecule has 0 aliphatic carbocycles. The second-order valence-electron chi connectivity index (χ2n) is 0.0583. The molecule has 6 heavy (non-hydrogen) atoms. The summed E-state index contributed by atoms with van der Waals surface area (Å²) in [5.74, 6) is 0. The molecule has 0 fully saturated rings. The Morgan fingerprint density at radius 1 is 1.17 bits per heavy atom. The molecule has 0 spiro atoms. The summed E-state index contributed by atoms with van der Waals surface area (Å²) in [6, 6.07) is 0. The van der Waals surface area contributed by atoms with Gasteiger partial charge in [0.1, 0.15) is 0 Å². The minimum atomic E-state index is 0. The molecule has 6 heteroatoms. The molecule has 0 bridgehead atoms. The number of hydrogen-bond donors (Lipinski definition) is 0. The zero-order chi connectivity index (χ0) is 2.71. The Bertz CT molecular complexity index is 13.5. The summed E-state index contributed by atoms with van der Waals surface area (Å²) in [5, 5.41) is 1.25. The van der Waals surface area contributed by atoms with Gasteiger partial charge in [0.25, 0.3) is 0 Å². The van der Waals surface area contributed by atoms with E-state index in [-0.39, 0.29) is 65.1 Å². The Labute approximate surface area is 78.6 Å². The molecule has 0 aliphatic rings. The third-order valence-electron chi connectivity index (χ3n) is 0. The van der Waals surface area contributed by atoms with Crippen LogP contribution in [0, 0.1) is 0 Å². The van der Waals surface area contributed by atoms with Crippen molar-refractivity contribution in [1.82, 2.24) is 0 Å². The van der Waals surface area contributed by atoms with E-state index in [0.717, 1.165) is 0 Å². The number of rotatable bonds is 0. The largest absolute Gasteiger partial charge is 0 e. The van der Waals surface area contributed by atoms with Gasteiger partial charge in [0.2, 0.25) is 0 Å². The van der Waals surface area contributed by atoms with Gasteiger partial charge in [-0.15, -0.1) is 0 Å². The van der Waals surface area contributed by atoms with Crippen molar-refractivity contribution in [2.24, 2.45) is 0 Å². The van der Waals surface area contributed by atoms with E-state index in [1.54, 1.807) is 0 Å². The molecule has 0 amide bonds. The van der Waals surface area contributed by atoms with Gasteiger partial charge in [-0.3, -0.25) is 0 Å². The quantitative estimate of drug-likeness (QED) is 0.490. The van der Waals surface area contributed by atoms with E-state index in [1.807, 2.05) is 0 Å². The van der Waals surface area contributed by atoms with Crippen molar-refractivity contribution in [2.75, 3.05) is 0 Å². The van der Waals surface area contributed by atoms with Crippen molar-refractivity contribution < 1.29 is 33.7 Å². The minimum absolute atomic E-state index is 0. The summed E-state index contributed by atoms with van der Waals surface area (Å²) >= 11 is 0. The van der Waals surface area contributed by atoms with Gasteiger partial charge < -0.3 is 0 Å². The fraction of sp³-hybridized carbons (Fsp3) is 0. The second kappa shape index (κ2) is 28.3. The zero-order valence-electron chi connectivity index (χ0n) is 1.87. The summed E-state index contributed by atoms with van der Waals surface area (Å²) in [7, 11) is 0. The zero-order valence-corrected chi connectivity index (χ0v) is 4.84. The van der Waals surface area contributed by atoms with Crippen LogP contribution >= 0.6 is 0 Å². The van der Waals surface area contributed by atoms with Crippen LogP contribution < -0.4 is 0 Å². The Kier molecular flexibility index (Phi) is 116. The molecule has 0 saturated carbocycles. The topological polar surface area (TPSA) is 9.23 Å². The molecule has 0 aromatic heterocycles. The van der Waals surface area contributed by atoms with Gasteiger partial charge in [-0.25, -0.2) is 0 Å². The van der Waals surface area contributed by atoms with Crippen LogP contribution in [-0.4, -0.2) is 45.6 Å². The summed E-state index contributed by atoms with van der Waals surface area (Å²) in [4.78, 5) is 0. The van der Waals surface area contributed by atoms with Crippen LogP contribution in [0.15, 0.2) is 0 Å². The Balaban J connectivity index is -0.00000000667. The summed E-state index contributed by atoms with van der Waals surface area (Å²) < 4.78 is 18.2. The van der Waals surface area contributed by atoms with E-state index in [1.165, 1.54) is 5.15 Å². The van der Waals surface area contributed by atoms with Crippen LogP contribution in [0.5, 0.6) is 0 Å². The minimum Gasteiger partial charge on any atom is 0 e. The molecule has 0 unspecified atom stereocenters. The normalized spacial score (nSPS) is 3.00. The molecule has 0 radical (unpaired) electrons. The summed E-state index contributed by atoms with van der Waals surface area (Å²) in [5.41, 5.74) is 0. The molecule has 0 aromatic rings. The van der Waals surface area contributed by atoms with E-state index < -0.39 is 0 Å². The molecule has 0 rings (SSSR count). The SMILES string of the molecule is FOF.[GaH3].[InH3].[Zn]. The molecule has 0 heterocycles. The van der Waals surface area contributed by atoms with E-state index in [0.29, 0.717) is 0 Å². The summed E-state index contributed by atoms with van der Waals surface area (Å²) in [6.45, 7) is 0. The standard InChI is InChI=1S/F2O.Ga.In.Zn.6H/c1-3-2;;;;;;;;;. The van der Waals surface area contributed by atoms with E-state index in [4.69, 9.17) is 9.05 Å². The van der Waals surface area contributed by atoms with Crippen LogP contribution in [0.4, 0.5) is 9.05 Å². The molecule has 0 aliphatic heterocycles. The summed E-state index contributed by atoms with van der Waals surface area (Å²) in [6.07, 6.45) is 0. The molecule has 0 saturated heterocycles. The third-order valence-corrected chi connectivity index (χ3v) is 0. The molecular formula is H6F2GaInOZn. The Morgan fingerprint density at radius 3 is 1.17 bits per heavy atom. The van der Waals surface area contributed by atoms with Gasteiger partial charge >= 0.3 is 45.6 Å². The fourth-order valence-electron chi connectivity index (χ4n) is 0. The van der Waals surface area contributed by atoms with Crippen LogP contribution in [0.25, 0.3) is 0 Å². The predicted molar refractivity (Wildman–Crippen MR) is 23.2 cm³/mol. The van der Waals surface area contributed by atoms with Crippen molar-refractivity contribution in [1.29, 1.82) is 0 Å². The fourth-order valence-corrected chi connectivity index (χ4v) is 0. The maximum atomic E-state index is 9.12. The van der Waals surface area contributed by atoms with E-state index >= 15 is 0 Å². The van der Waals surface area contributed by atoms with Gasteiger partial charge in [0, 0.05) is 24.6 Å². The smallest absolute Gasteiger partial charge is 0 e. The molecule has 34 valence electrons. The van der Waals surface area contributed by atoms with Crippen LogP contribution in [0.2, 0.25) is 0 Å². The van der Waals surface area contributed by atoms with E-state index in [2.05, 4.69) is 0 Å². The first-order valence-corrected chi connectivity index (χ1v) is 0.309. The maximum absolute atomic E-state index is 9.12. The number of halogens is 2. The van der Waals surface area contributed by atoms with Gasteiger partial charge in [0.15, 0.2) is 0 Å². The van der Waals surface area contributed by atoms with Crippen molar-refractivity contribution in [3.8, 4) is 0 Å². The van der Waals surface area contributed by atoms with Crippen molar-refractivity contribution in [3.05, 3.63) is 0 Å². The Morgan fingerprint density at radius 2 is 1.17 bits per heavy atom. The molecular weight excluding hydrogens is 304 g/mol. The first-order chi connectivity index (χ1) is 1.41. The van der Waals surface area contributed by atoms with Gasteiger partial charge in [0.05, 0.1) is 0 Å². The third kappa shape index (κ3) is 38.3. The van der Waals surface area contributed by atoms with Crippen molar-refractivity contribution in [2.45, 2.75) is 0 Å². The number of hydrogen-bond acceptors (Lipinski definition) is 1. The van der Waals surface area contributed by atoms with Crippen LogP contribution in [-0.2, 0) is 24.6 Å².